The molecule has 3 aliphatic rings. The van der Waals surface area contributed by atoms with E-state index in [-0.39, 0.29) is 6.10 Å². The topological polar surface area (TPSA) is 20.2 Å². The molecular weight excluding hydrogens is 124 g/mol. The number of hydrogen-bond donors (Lipinski definition) is 1. The van der Waals surface area contributed by atoms with Gasteiger partial charge in [0.15, 0.2) is 0 Å². The first-order chi connectivity index (χ1) is 4.84. The molecule has 1 nitrogen and oxygen atoms in total. The molecule has 5 atom stereocenters. The fraction of sp³-hybridized carbons (Fsp3) is 1.00. The minimum Gasteiger partial charge on any atom is -0.393 e. The van der Waals surface area contributed by atoms with Crippen LogP contribution in [0.25, 0.3) is 0 Å². The first-order valence-corrected chi connectivity index (χ1v) is 4.52. The zero-order valence-electron chi connectivity index (χ0n) is 6.16. The average molecular weight is 138 g/mol. The van der Waals surface area contributed by atoms with E-state index in [1.807, 2.05) is 0 Å². The highest BCUT2D eigenvalue weighted by Crippen LogP contribution is 2.59. The summed E-state index contributed by atoms with van der Waals surface area (Å²) in [6.45, 7) is 0. The molecule has 3 rings (SSSR count). The van der Waals surface area contributed by atoms with Crippen molar-refractivity contribution >= 4 is 0 Å². The van der Waals surface area contributed by atoms with Crippen LogP contribution >= 0.6 is 0 Å². The lowest BCUT2D eigenvalue weighted by molar-refractivity contribution is 0.133. The van der Waals surface area contributed by atoms with Crippen molar-refractivity contribution in [3.8, 4) is 0 Å². The highest BCUT2D eigenvalue weighted by Gasteiger charge is 2.53. The van der Waals surface area contributed by atoms with Gasteiger partial charge in [0.2, 0.25) is 0 Å². The SMILES string of the molecule is O[C@H]1C[C@@H]2C[C@@H]2C[C@H]2C[C@@H]21. The third-order valence-corrected chi connectivity index (χ3v) is 3.69. The second-order valence-electron chi connectivity index (χ2n) is 4.45. The highest BCUT2D eigenvalue weighted by atomic mass is 16.3. The summed E-state index contributed by atoms with van der Waals surface area (Å²) in [6, 6.07) is 0. The van der Waals surface area contributed by atoms with E-state index in [4.69, 9.17) is 0 Å². The van der Waals surface area contributed by atoms with Gasteiger partial charge in [0.25, 0.3) is 0 Å². The highest BCUT2D eigenvalue weighted by molar-refractivity contribution is 5.03. The van der Waals surface area contributed by atoms with Crippen LogP contribution in [0, 0.1) is 23.7 Å². The van der Waals surface area contributed by atoms with Gasteiger partial charge in [-0.05, 0) is 49.4 Å². The smallest absolute Gasteiger partial charge is 0.0573 e. The van der Waals surface area contributed by atoms with E-state index in [2.05, 4.69) is 0 Å². The van der Waals surface area contributed by atoms with Gasteiger partial charge in [0.05, 0.1) is 6.10 Å². The molecule has 3 fully saturated rings. The predicted molar refractivity (Wildman–Crippen MR) is 38.4 cm³/mol. The van der Waals surface area contributed by atoms with E-state index in [0.717, 1.165) is 30.1 Å². The molecule has 10 heavy (non-hydrogen) atoms. The monoisotopic (exact) mass is 138 g/mol. The fourth-order valence-corrected chi connectivity index (χ4v) is 2.77. The van der Waals surface area contributed by atoms with E-state index >= 15 is 0 Å². The van der Waals surface area contributed by atoms with Crippen molar-refractivity contribution in [3.05, 3.63) is 0 Å². The van der Waals surface area contributed by atoms with Crippen molar-refractivity contribution in [3.63, 3.8) is 0 Å². The van der Waals surface area contributed by atoms with Gasteiger partial charge in [0.1, 0.15) is 0 Å². The van der Waals surface area contributed by atoms with Gasteiger partial charge in [-0.2, -0.15) is 0 Å². The molecule has 56 valence electrons. The van der Waals surface area contributed by atoms with Crippen molar-refractivity contribution in [2.75, 3.05) is 0 Å². The summed E-state index contributed by atoms with van der Waals surface area (Å²) < 4.78 is 0. The van der Waals surface area contributed by atoms with Crippen molar-refractivity contribution in [1.29, 1.82) is 0 Å². The molecule has 0 unspecified atom stereocenters. The van der Waals surface area contributed by atoms with E-state index < -0.39 is 0 Å². The summed E-state index contributed by atoms with van der Waals surface area (Å²) in [5.74, 6) is 3.63. The lowest BCUT2D eigenvalue weighted by Crippen LogP contribution is -2.09. The van der Waals surface area contributed by atoms with Crippen LogP contribution in [0.2, 0.25) is 0 Å². The second kappa shape index (κ2) is 1.58. The van der Waals surface area contributed by atoms with Gasteiger partial charge >= 0.3 is 0 Å². The van der Waals surface area contributed by atoms with Gasteiger partial charge in [-0.3, -0.25) is 0 Å². The van der Waals surface area contributed by atoms with Crippen molar-refractivity contribution in [2.24, 2.45) is 23.7 Å². The third-order valence-electron chi connectivity index (χ3n) is 3.69. The molecule has 0 aromatic heterocycles. The molecule has 1 heteroatoms. The third kappa shape index (κ3) is 0.672. The van der Waals surface area contributed by atoms with Gasteiger partial charge in [0, 0.05) is 0 Å². The van der Waals surface area contributed by atoms with Crippen LogP contribution in [0.4, 0.5) is 0 Å². The summed E-state index contributed by atoms with van der Waals surface area (Å²) >= 11 is 0. The maximum Gasteiger partial charge on any atom is 0.0573 e. The van der Waals surface area contributed by atoms with Crippen LogP contribution in [-0.4, -0.2) is 11.2 Å². The number of aliphatic hydroxyl groups excluding tert-OH is 1. The Balaban J connectivity index is 1.79. The Kier molecular flexibility index (Phi) is 0.883. The Labute approximate surface area is 61.4 Å². The van der Waals surface area contributed by atoms with E-state index in [1.54, 1.807) is 0 Å². The Morgan fingerprint density at radius 1 is 0.800 bits per heavy atom. The normalized spacial score (nSPS) is 63.9. The average Bonchev–Trinajstić information content (AvgIpc) is 2.66. The van der Waals surface area contributed by atoms with E-state index in [9.17, 15) is 5.11 Å². The van der Waals surface area contributed by atoms with Crippen molar-refractivity contribution in [2.45, 2.75) is 31.8 Å². The molecule has 0 saturated heterocycles. The molecule has 0 aromatic carbocycles. The van der Waals surface area contributed by atoms with E-state index in [0.29, 0.717) is 0 Å². The molecule has 0 aromatic rings. The molecule has 3 aliphatic carbocycles. The maximum atomic E-state index is 9.60. The van der Waals surface area contributed by atoms with Crippen LogP contribution in [0.5, 0.6) is 0 Å². The number of fused-ring (bicyclic) bond motifs is 2. The minimum atomic E-state index is 0.0856. The summed E-state index contributed by atoms with van der Waals surface area (Å²) in [7, 11) is 0. The van der Waals surface area contributed by atoms with Crippen LogP contribution in [0.3, 0.4) is 0 Å². The molecule has 0 spiro atoms. The molecule has 0 heterocycles. The first-order valence-electron chi connectivity index (χ1n) is 4.52. The minimum absolute atomic E-state index is 0.0856. The van der Waals surface area contributed by atoms with Crippen LogP contribution < -0.4 is 0 Å². The fourth-order valence-electron chi connectivity index (χ4n) is 2.77. The summed E-state index contributed by atoms with van der Waals surface area (Å²) in [5, 5.41) is 9.60. The van der Waals surface area contributed by atoms with Crippen molar-refractivity contribution in [1.82, 2.24) is 0 Å². The quantitative estimate of drug-likeness (QED) is 0.536. The Morgan fingerprint density at radius 2 is 1.50 bits per heavy atom. The second-order valence-corrected chi connectivity index (χ2v) is 4.45. The molecular formula is C9H14O. The number of hydrogen-bond acceptors (Lipinski definition) is 1. The Hall–Kier alpha value is -0.0400. The van der Waals surface area contributed by atoms with E-state index in [1.165, 1.54) is 19.3 Å². The molecule has 0 amide bonds. The van der Waals surface area contributed by atoms with Gasteiger partial charge in [-0.1, -0.05) is 0 Å². The summed E-state index contributed by atoms with van der Waals surface area (Å²) in [4.78, 5) is 0. The summed E-state index contributed by atoms with van der Waals surface area (Å²) in [6.07, 6.45) is 5.44. The Morgan fingerprint density at radius 3 is 2.40 bits per heavy atom. The van der Waals surface area contributed by atoms with Gasteiger partial charge in [-0.15, -0.1) is 0 Å². The van der Waals surface area contributed by atoms with Gasteiger partial charge < -0.3 is 5.11 Å². The first kappa shape index (κ1) is 5.59. The zero-order valence-corrected chi connectivity index (χ0v) is 6.16. The molecule has 3 saturated carbocycles. The number of aliphatic hydroxyl groups is 1. The molecule has 0 radical (unpaired) electrons. The molecule has 1 N–H and O–H groups in total. The van der Waals surface area contributed by atoms with Crippen LogP contribution in [0.15, 0.2) is 0 Å². The lowest BCUT2D eigenvalue weighted by atomic mass is 10.1. The van der Waals surface area contributed by atoms with Crippen LogP contribution in [0.1, 0.15) is 25.7 Å². The van der Waals surface area contributed by atoms with Crippen molar-refractivity contribution < 1.29 is 5.11 Å². The lowest BCUT2D eigenvalue weighted by Gasteiger charge is -2.05. The predicted octanol–water partition coefficient (Wildman–Crippen LogP) is 1.41. The van der Waals surface area contributed by atoms with Gasteiger partial charge in [-0.25, -0.2) is 0 Å². The molecule has 0 bridgehead atoms. The number of rotatable bonds is 0. The molecule has 0 aliphatic heterocycles. The largest absolute Gasteiger partial charge is 0.393 e. The van der Waals surface area contributed by atoms with Crippen LogP contribution in [-0.2, 0) is 0 Å². The Bertz CT molecular complexity index is 164. The summed E-state index contributed by atoms with van der Waals surface area (Å²) in [5.41, 5.74) is 0. The zero-order chi connectivity index (χ0) is 6.72. The standard InChI is InChI=1S/C9H14O/c10-9-4-6-1-5(6)2-7-3-8(7)9/h5-10H,1-4H2/t5-,6+,7+,8+,9+/m1/s1. The maximum absolute atomic E-state index is 9.60.